The Kier molecular flexibility index (Phi) is 5.61. The van der Waals surface area contributed by atoms with Crippen LogP contribution in [0.3, 0.4) is 0 Å². The molecule has 0 atom stereocenters. The molecule has 6 heteroatoms. The van der Waals surface area contributed by atoms with Gasteiger partial charge in [0.25, 0.3) is 0 Å². The van der Waals surface area contributed by atoms with Crippen LogP contribution >= 0.6 is 0 Å². The van der Waals surface area contributed by atoms with Gasteiger partial charge in [0, 0.05) is 18.7 Å². The molecule has 1 heterocycles. The molecule has 2 rings (SSSR count). The van der Waals surface area contributed by atoms with Crippen molar-refractivity contribution in [3.8, 4) is 5.75 Å². The fourth-order valence-corrected chi connectivity index (χ4v) is 4.02. The smallest absolute Gasteiger partial charge is 0.243 e. The number of aliphatic hydroxyl groups is 1. The van der Waals surface area contributed by atoms with Gasteiger partial charge in [-0.2, -0.15) is 4.31 Å². The molecule has 1 N–H and O–H groups in total. The highest BCUT2D eigenvalue weighted by molar-refractivity contribution is 7.89. The van der Waals surface area contributed by atoms with Crippen LogP contribution in [0.2, 0.25) is 0 Å². The molecule has 0 aromatic heterocycles. The van der Waals surface area contributed by atoms with Crippen molar-refractivity contribution in [2.45, 2.75) is 44.1 Å². The molecule has 1 aliphatic rings. The van der Waals surface area contributed by atoms with E-state index < -0.39 is 10.0 Å². The lowest BCUT2D eigenvalue weighted by Crippen LogP contribution is -2.35. The summed E-state index contributed by atoms with van der Waals surface area (Å²) < 4.78 is 32.2. The molecule has 5 nitrogen and oxygen atoms in total. The molecule has 1 fully saturated rings. The normalized spacial score (nSPS) is 16.9. The predicted molar refractivity (Wildman–Crippen MR) is 80.8 cm³/mol. The lowest BCUT2D eigenvalue weighted by molar-refractivity contribution is 0.262. The number of ether oxygens (including phenoxy) is 1. The minimum Gasteiger partial charge on any atom is -0.493 e. The number of hydrogen-bond acceptors (Lipinski definition) is 4. The van der Waals surface area contributed by atoms with Crippen molar-refractivity contribution in [1.29, 1.82) is 0 Å². The van der Waals surface area contributed by atoms with Crippen molar-refractivity contribution >= 4 is 10.0 Å². The number of aliphatic hydroxyl groups excluding tert-OH is 1. The van der Waals surface area contributed by atoms with Crippen molar-refractivity contribution in [2.24, 2.45) is 0 Å². The zero-order valence-corrected chi connectivity index (χ0v) is 13.2. The van der Waals surface area contributed by atoms with E-state index in [2.05, 4.69) is 0 Å². The second-order valence-corrected chi connectivity index (χ2v) is 7.18. The number of nitrogens with zero attached hydrogens (tertiary/aromatic N) is 1. The number of hydrogen-bond donors (Lipinski definition) is 1. The Morgan fingerprint density at radius 2 is 1.95 bits per heavy atom. The van der Waals surface area contributed by atoms with Gasteiger partial charge >= 0.3 is 0 Å². The monoisotopic (exact) mass is 313 g/mol. The van der Waals surface area contributed by atoms with Gasteiger partial charge in [-0.25, -0.2) is 8.42 Å². The third kappa shape index (κ3) is 3.75. The molecule has 0 radical (unpaired) electrons. The third-order valence-corrected chi connectivity index (χ3v) is 5.51. The topological polar surface area (TPSA) is 66.8 Å². The maximum absolute atomic E-state index is 12.6. The summed E-state index contributed by atoms with van der Waals surface area (Å²) in [5, 5.41) is 9.43. The van der Waals surface area contributed by atoms with Crippen LogP contribution in [0, 0.1) is 0 Å². The van der Waals surface area contributed by atoms with E-state index in [9.17, 15) is 13.5 Å². The fraction of sp³-hybridized carbons (Fsp3) is 0.600. The number of sulfonamides is 1. The van der Waals surface area contributed by atoms with E-state index in [1.807, 2.05) is 6.92 Å². The van der Waals surface area contributed by atoms with Crippen molar-refractivity contribution in [1.82, 2.24) is 4.31 Å². The van der Waals surface area contributed by atoms with E-state index in [0.29, 0.717) is 31.0 Å². The summed E-state index contributed by atoms with van der Waals surface area (Å²) in [5.74, 6) is 0.553. The van der Waals surface area contributed by atoms with Gasteiger partial charge in [-0.1, -0.05) is 13.3 Å². The summed E-state index contributed by atoms with van der Waals surface area (Å²) in [4.78, 5) is 0.234. The van der Waals surface area contributed by atoms with Crippen molar-refractivity contribution in [3.05, 3.63) is 23.8 Å². The summed E-state index contributed by atoms with van der Waals surface area (Å²) in [5.41, 5.74) is 0.515. The van der Waals surface area contributed by atoms with Crippen LogP contribution in [0.5, 0.6) is 5.75 Å². The van der Waals surface area contributed by atoms with E-state index in [4.69, 9.17) is 4.74 Å². The molecule has 1 saturated heterocycles. The zero-order chi connectivity index (χ0) is 15.3. The van der Waals surface area contributed by atoms with Crippen LogP contribution in [0.4, 0.5) is 0 Å². The van der Waals surface area contributed by atoms with Gasteiger partial charge in [0.2, 0.25) is 10.0 Å². The highest BCUT2D eigenvalue weighted by atomic mass is 32.2. The van der Waals surface area contributed by atoms with Crippen LogP contribution in [0.25, 0.3) is 0 Å². The number of piperidine rings is 1. The largest absolute Gasteiger partial charge is 0.493 e. The zero-order valence-electron chi connectivity index (χ0n) is 12.4. The quantitative estimate of drug-likeness (QED) is 0.874. The molecular weight excluding hydrogens is 290 g/mol. The van der Waals surface area contributed by atoms with Crippen LogP contribution in [-0.2, 0) is 16.6 Å². The second-order valence-electron chi connectivity index (χ2n) is 5.24. The summed E-state index contributed by atoms with van der Waals surface area (Å²) in [6, 6.07) is 4.72. The highest BCUT2D eigenvalue weighted by Crippen LogP contribution is 2.26. The van der Waals surface area contributed by atoms with E-state index in [1.165, 1.54) is 10.4 Å². The van der Waals surface area contributed by atoms with Gasteiger partial charge < -0.3 is 9.84 Å². The Morgan fingerprint density at radius 1 is 1.24 bits per heavy atom. The van der Waals surface area contributed by atoms with Gasteiger partial charge in [-0.05, 0) is 37.5 Å². The first kappa shape index (κ1) is 16.3. The van der Waals surface area contributed by atoms with Crippen LogP contribution in [0.1, 0.15) is 38.2 Å². The Balaban J connectivity index is 2.26. The molecule has 0 saturated carbocycles. The maximum Gasteiger partial charge on any atom is 0.243 e. The minimum atomic E-state index is -3.47. The average Bonchev–Trinajstić information content (AvgIpc) is 2.53. The van der Waals surface area contributed by atoms with Crippen molar-refractivity contribution in [3.63, 3.8) is 0 Å². The Morgan fingerprint density at radius 3 is 2.57 bits per heavy atom. The summed E-state index contributed by atoms with van der Waals surface area (Å²) >= 11 is 0. The summed E-state index contributed by atoms with van der Waals surface area (Å²) in [6.07, 6.45) is 3.75. The first-order valence-electron chi connectivity index (χ1n) is 7.46. The molecule has 0 aliphatic carbocycles. The SMILES string of the molecule is CCCOc1ccc(S(=O)(=O)N2CCCCC2)cc1CO. The fourth-order valence-electron chi connectivity index (χ4n) is 2.45. The molecule has 0 amide bonds. The van der Waals surface area contributed by atoms with Crippen LogP contribution < -0.4 is 4.74 Å². The van der Waals surface area contributed by atoms with Gasteiger partial charge in [0.15, 0.2) is 0 Å². The Bertz CT molecular complexity index is 565. The van der Waals surface area contributed by atoms with E-state index >= 15 is 0 Å². The Labute approximate surface area is 126 Å². The number of rotatable bonds is 6. The first-order chi connectivity index (χ1) is 10.1. The van der Waals surface area contributed by atoms with Crippen molar-refractivity contribution < 1.29 is 18.3 Å². The van der Waals surface area contributed by atoms with Gasteiger partial charge in [-0.3, -0.25) is 0 Å². The van der Waals surface area contributed by atoms with E-state index in [-0.39, 0.29) is 11.5 Å². The maximum atomic E-state index is 12.6. The standard InChI is InChI=1S/C15H23NO4S/c1-2-10-20-15-7-6-14(11-13(15)12-17)21(18,19)16-8-4-3-5-9-16/h6-7,11,17H,2-5,8-10,12H2,1H3. The molecule has 118 valence electrons. The average molecular weight is 313 g/mol. The predicted octanol–water partition coefficient (Wildman–Crippen LogP) is 2.14. The third-order valence-electron chi connectivity index (χ3n) is 3.62. The summed E-state index contributed by atoms with van der Waals surface area (Å²) in [6.45, 7) is 3.46. The molecule has 0 spiro atoms. The lowest BCUT2D eigenvalue weighted by atomic mass is 10.2. The molecule has 1 aromatic rings. The molecule has 1 aromatic carbocycles. The van der Waals surface area contributed by atoms with E-state index in [1.54, 1.807) is 12.1 Å². The first-order valence-corrected chi connectivity index (χ1v) is 8.90. The van der Waals surface area contributed by atoms with Gasteiger partial charge in [0.05, 0.1) is 18.1 Å². The minimum absolute atomic E-state index is 0.234. The molecule has 0 unspecified atom stereocenters. The van der Waals surface area contributed by atoms with Crippen LogP contribution in [0.15, 0.2) is 23.1 Å². The van der Waals surface area contributed by atoms with E-state index in [0.717, 1.165) is 25.7 Å². The van der Waals surface area contributed by atoms with Crippen LogP contribution in [-0.4, -0.2) is 37.5 Å². The molecule has 0 bridgehead atoms. The lowest BCUT2D eigenvalue weighted by Gasteiger charge is -2.26. The van der Waals surface area contributed by atoms with Crippen molar-refractivity contribution in [2.75, 3.05) is 19.7 Å². The molecule has 21 heavy (non-hydrogen) atoms. The molecule has 1 aliphatic heterocycles. The number of benzene rings is 1. The molecular formula is C15H23NO4S. The second kappa shape index (κ2) is 7.24. The summed E-state index contributed by atoms with van der Waals surface area (Å²) in [7, 11) is -3.47. The highest BCUT2D eigenvalue weighted by Gasteiger charge is 2.26. The van der Waals surface area contributed by atoms with Gasteiger partial charge in [0.1, 0.15) is 5.75 Å². The Hall–Kier alpha value is -1.11. The van der Waals surface area contributed by atoms with Gasteiger partial charge in [-0.15, -0.1) is 0 Å².